The van der Waals surface area contributed by atoms with Gasteiger partial charge < -0.3 is 0 Å². The monoisotopic (exact) mass is 518 g/mol. The quantitative estimate of drug-likeness (QED) is 0.137. The van der Waals surface area contributed by atoms with E-state index >= 15 is 0 Å². The maximum Gasteiger partial charge on any atom is 0.276 e. The van der Waals surface area contributed by atoms with E-state index in [9.17, 15) is 14.9 Å². The molecule has 11 heteroatoms. The number of rotatable bonds is 9. The summed E-state index contributed by atoms with van der Waals surface area (Å²) < 4.78 is 1.87. The third-order valence-corrected chi connectivity index (χ3v) is 6.02. The lowest BCUT2D eigenvalue weighted by atomic mass is 10.2. The van der Waals surface area contributed by atoms with Crippen molar-refractivity contribution in [3.63, 3.8) is 0 Å². The maximum absolute atomic E-state index is 12.3. The van der Waals surface area contributed by atoms with Crippen LogP contribution in [0.4, 0.5) is 5.69 Å². The second-order valence-electron chi connectivity index (χ2n) is 7.26. The molecule has 0 aliphatic rings. The lowest BCUT2D eigenvalue weighted by Gasteiger charge is -2.10. The van der Waals surface area contributed by atoms with Gasteiger partial charge in [-0.15, -0.1) is 10.2 Å². The first kappa shape index (κ1) is 24.8. The number of allylic oxidation sites excluding steroid dienone is 1. The van der Waals surface area contributed by atoms with Gasteiger partial charge in [-0.05, 0) is 54.6 Å². The Bertz CT molecular complexity index is 1420. The van der Waals surface area contributed by atoms with E-state index in [1.165, 1.54) is 30.1 Å². The van der Waals surface area contributed by atoms with Crippen molar-refractivity contribution < 1.29 is 9.72 Å². The predicted octanol–water partition coefficient (Wildman–Crippen LogP) is 5.40. The Kier molecular flexibility index (Phi) is 8.22. The molecule has 0 aliphatic carbocycles. The summed E-state index contributed by atoms with van der Waals surface area (Å²) in [6.45, 7) is 0. The highest BCUT2D eigenvalue weighted by Crippen LogP contribution is 2.28. The minimum atomic E-state index is -0.456. The van der Waals surface area contributed by atoms with Crippen LogP contribution in [0.2, 0.25) is 5.02 Å². The molecule has 1 aromatic heterocycles. The molecule has 0 atom stereocenters. The summed E-state index contributed by atoms with van der Waals surface area (Å²) in [5.74, 6) is 0.335. The van der Waals surface area contributed by atoms with Crippen LogP contribution < -0.4 is 5.43 Å². The number of nitro groups is 1. The highest BCUT2D eigenvalue weighted by molar-refractivity contribution is 7.99. The molecule has 1 N–H and O–H groups in total. The van der Waals surface area contributed by atoms with Crippen molar-refractivity contribution in [2.45, 2.75) is 5.16 Å². The van der Waals surface area contributed by atoms with Crippen LogP contribution in [0.3, 0.4) is 0 Å². The molecule has 0 unspecified atom stereocenters. The van der Waals surface area contributed by atoms with Gasteiger partial charge in [0.25, 0.3) is 11.6 Å². The van der Waals surface area contributed by atoms with E-state index in [2.05, 4.69) is 20.7 Å². The van der Waals surface area contributed by atoms with Crippen molar-refractivity contribution in [1.29, 1.82) is 0 Å². The van der Waals surface area contributed by atoms with Crippen LogP contribution in [-0.4, -0.2) is 37.6 Å². The van der Waals surface area contributed by atoms with Crippen molar-refractivity contribution in [3.05, 3.63) is 106 Å². The molecule has 9 nitrogen and oxygen atoms in total. The molecule has 0 saturated carbocycles. The smallest absolute Gasteiger partial charge is 0.272 e. The highest BCUT2D eigenvalue weighted by atomic mass is 35.5. The zero-order valence-corrected chi connectivity index (χ0v) is 20.3. The maximum atomic E-state index is 12.3. The molecule has 0 aliphatic heterocycles. The van der Waals surface area contributed by atoms with Gasteiger partial charge in [0.2, 0.25) is 0 Å². The molecule has 1 heterocycles. The fraction of sp³-hybridized carbons (Fsp3) is 0.0400. The van der Waals surface area contributed by atoms with Gasteiger partial charge in [0.1, 0.15) is 0 Å². The molecule has 0 bridgehead atoms. The number of para-hydroxylation sites is 2. The second kappa shape index (κ2) is 11.9. The fourth-order valence-corrected chi connectivity index (χ4v) is 4.09. The Morgan fingerprint density at radius 3 is 2.53 bits per heavy atom. The summed E-state index contributed by atoms with van der Waals surface area (Å²) in [5.41, 5.74) is 4.55. The predicted molar refractivity (Wildman–Crippen MR) is 141 cm³/mol. The summed E-state index contributed by atoms with van der Waals surface area (Å²) in [6, 6.07) is 23.2. The van der Waals surface area contributed by atoms with Crippen molar-refractivity contribution in [3.8, 4) is 17.1 Å². The lowest BCUT2D eigenvalue weighted by Crippen LogP contribution is -2.19. The van der Waals surface area contributed by atoms with E-state index in [-0.39, 0.29) is 17.3 Å². The lowest BCUT2D eigenvalue weighted by molar-refractivity contribution is -0.385. The topological polar surface area (TPSA) is 115 Å². The van der Waals surface area contributed by atoms with Crippen molar-refractivity contribution in [2.75, 3.05) is 5.75 Å². The van der Waals surface area contributed by atoms with Crippen LogP contribution in [-0.2, 0) is 4.79 Å². The molecule has 0 saturated heterocycles. The molecular formula is C25H19ClN6O3S. The first-order chi connectivity index (χ1) is 17.5. The minimum Gasteiger partial charge on any atom is -0.272 e. The third-order valence-electron chi connectivity index (χ3n) is 4.84. The molecule has 180 valence electrons. The number of benzene rings is 3. The molecule has 0 fully saturated rings. The van der Waals surface area contributed by atoms with E-state index in [1.807, 2.05) is 47.0 Å². The highest BCUT2D eigenvalue weighted by Gasteiger charge is 2.17. The van der Waals surface area contributed by atoms with E-state index in [0.717, 1.165) is 11.3 Å². The number of hydrazone groups is 1. The molecule has 1 amide bonds. The number of aromatic nitrogens is 3. The van der Waals surface area contributed by atoms with Crippen LogP contribution in [0.5, 0.6) is 0 Å². The SMILES string of the molecule is O=C(CSc1nnc(-c2ccc(Cl)cc2)n1-c1ccccc1)NN=CC=Cc1ccccc1[N+](=O)[O-]. The molecule has 0 spiro atoms. The Labute approximate surface area is 215 Å². The second-order valence-corrected chi connectivity index (χ2v) is 8.64. The molecule has 4 rings (SSSR count). The molecule has 3 aromatic carbocycles. The Morgan fingerprint density at radius 1 is 1.06 bits per heavy atom. The number of hydrogen-bond acceptors (Lipinski definition) is 7. The average Bonchev–Trinajstić information content (AvgIpc) is 3.32. The van der Waals surface area contributed by atoms with Crippen LogP contribution in [0.25, 0.3) is 23.2 Å². The zero-order valence-electron chi connectivity index (χ0n) is 18.7. The summed E-state index contributed by atoms with van der Waals surface area (Å²) >= 11 is 7.24. The van der Waals surface area contributed by atoms with Crippen LogP contribution in [0, 0.1) is 10.1 Å². The van der Waals surface area contributed by atoms with Crippen molar-refractivity contribution in [2.24, 2.45) is 5.10 Å². The Morgan fingerprint density at radius 2 is 1.78 bits per heavy atom. The number of hydrogen-bond donors (Lipinski definition) is 1. The fourth-order valence-electron chi connectivity index (χ4n) is 3.22. The van der Waals surface area contributed by atoms with Gasteiger partial charge in [0.15, 0.2) is 11.0 Å². The van der Waals surface area contributed by atoms with Crippen molar-refractivity contribution in [1.82, 2.24) is 20.2 Å². The number of nitrogens with one attached hydrogen (secondary N) is 1. The average molecular weight is 519 g/mol. The molecule has 36 heavy (non-hydrogen) atoms. The first-order valence-corrected chi connectivity index (χ1v) is 12.0. The van der Waals surface area contributed by atoms with Gasteiger partial charge in [0.05, 0.1) is 16.2 Å². The summed E-state index contributed by atoms with van der Waals surface area (Å²) in [5, 5.41) is 24.7. The number of carbonyl (C=O) groups is 1. The summed E-state index contributed by atoms with van der Waals surface area (Å²) in [6.07, 6.45) is 4.41. The summed E-state index contributed by atoms with van der Waals surface area (Å²) in [4.78, 5) is 22.9. The van der Waals surface area contributed by atoms with E-state index in [1.54, 1.807) is 36.4 Å². The number of halogens is 1. The number of amides is 1. The number of nitro benzene ring substituents is 1. The van der Waals surface area contributed by atoms with Gasteiger partial charge in [-0.1, -0.05) is 53.7 Å². The standard InChI is InChI=1S/C25H19ClN6O3S/c26-20-14-12-19(13-15-20)24-29-30-25(31(24)21-9-2-1-3-10-21)36-17-23(33)28-27-16-6-8-18-7-4-5-11-22(18)32(34)35/h1-16H,17H2,(H,28,33). The van der Waals surface area contributed by atoms with Crippen LogP contribution >= 0.6 is 23.4 Å². The van der Waals surface area contributed by atoms with Crippen molar-refractivity contribution >= 4 is 47.2 Å². The Hall–Kier alpha value is -4.28. The van der Waals surface area contributed by atoms with Gasteiger partial charge in [-0.2, -0.15) is 5.10 Å². The normalized spacial score (nSPS) is 11.2. The largest absolute Gasteiger partial charge is 0.276 e. The minimum absolute atomic E-state index is 0.0110. The van der Waals surface area contributed by atoms with Gasteiger partial charge in [-0.25, -0.2) is 5.43 Å². The van der Waals surface area contributed by atoms with Gasteiger partial charge in [0, 0.05) is 28.6 Å². The van der Waals surface area contributed by atoms with Crippen LogP contribution in [0.15, 0.2) is 95.2 Å². The van der Waals surface area contributed by atoms with Crippen LogP contribution in [0.1, 0.15) is 5.56 Å². The van der Waals surface area contributed by atoms with E-state index < -0.39 is 4.92 Å². The molecule has 4 aromatic rings. The van der Waals surface area contributed by atoms with E-state index in [0.29, 0.717) is 21.6 Å². The zero-order chi connectivity index (χ0) is 25.3. The van der Waals surface area contributed by atoms with Gasteiger partial charge >= 0.3 is 0 Å². The number of carbonyl (C=O) groups excluding carboxylic acids is 1. The summed E-state index contributed by atoms with van der Waals surface area (Å²) in [7, 11) is 0. The Balaban J connectivity index is 1.42. The van der Waals surface area contributed by atoms with E-state index in [4.69, 9.17) is 11.6 Å². The third kappa shape index (κ3) is 6.23. The molecular weight excluding hydrogens is 500 g/mol. The number of thioether (sulfide) groups is 1. The molecule has 0 radical (unpaired) electrons. The van der Waals surface area contributed by atoms with Gasteiger partial charge in [-0.3, -0.25) is 19.5 Å². The first-order valence-electron chi connectivity index (χ1n) is 10.6. The number of nitrogens with zero attached hydrogens (tertiary/aromatic N) is 5.